The Hall–Kier alpha value is -2.85. The molecule has 7 heteroatoms. The molecule has 146 valence electrons. The number of hydrogen-bond donors (Lipinski definition) is 0. The average molecular weight is 379 g/mol. The number of nitrogens with zero attached hydrogens (tertiary/aromatic N) is 5. The molecule has 0 spiro atoms. The molecule has 0 aliphatic carbocycles. The summed E-state index contributed by atoms with van der Waals surface area (Å²) in [5.74, 6) is 0. The summed E-state index contributed by atoms with van der Waals surface area (Å²) in [7, 11) is 0. The molecule has 0 radical (unpaired) electrons. The molecule has 4 rings (SSSR count). The summed E-state index contributed by atoms with van der Waals surface area (Å²) in [5.41, 5.74) is 4.74. The van der Waals surface area contributed by atoms with Crippen LogP contribution in [0.1, 0.15) is 16.7 Å². The van der Waals surface area contributed by atoms with Gasteiger partial charge in [0.1, 0.15) is 6.07 Å². The lowest BCUT2D eigenvalue weighted by molar-refractivity contribution is 0.0428. The molecule has 3 heterocycles. The molecule has 28 heavy (non-hydrogen) atoms. The summed E-state index contributed by atoms with van der Waals surface area (Å²) in [5, 5.41) is 10.7. The number of nitriles is 1. The summed E-state index contributed by atoms with van der Waals surface area (Å²) in [6.45, 7) is 9.36. The molecule has 0 unspecified atom stereocenters. The fraction of sp³-hybridized carbons (Fsp3) is 0.476. The highest BCUT2D eigenvalue weighted by Crippen LogP contribution is 2.32. The first-order valence-corrected chi connectivity index (χ1v) is 9.75. The number of benzene rings is 1. The predicted octanol–water partition coefficient (Wildman–Crippen LogP) is 2.30. The number of morpholine rings is 1. The third-order valence-electron chi connectivity index (χ3n) is 5.55. The number of rotatable bonds is 1. The van der Waals surface area contributed by atoms with Crippen LogP contribution in [0.15, 0.2) is 18.3 Å². The zero-order chi connectivity index (χ0) is 19.7. The van der Waals surface area contributed by atoms with Crippen molar-refractivity contribution < 1.29 is 9.53 Å². The van der Waals surface area contributed by atoms with Crippen LogP contribution in [-0.2, 0) is 4.74 Å². The molecule has 1 aromatic heterocycles. The molecule has 2 amide bonds. The smallest absolute Gasteiger partial charge is 0.320 e. The molecule has 0 bridgehead atoms. The topological polar surface area (TPSA) is 72.7 Å². The molecule has 2 aromatic rings. The largest absolute Gasteiger partial charge is 0.378 e. The summed E-state index contributed by atoms with van der Waals surface area (Å²) >= 11 is 0. The molecule has 0 saturated carbocycles. The first-order valence-electron chi connectivity index (χ1n) is 9.75. The minimum atomic E-state index is 0.0923. The van der Waals surface area contributed by atoms with Crippen LogP contribution in [0.5, 0.6) is 0 Å². The Morgan fingerprint density at radius 2 is 1.75 bits per heavy atom. The van der Waals surface area contributed by atoms with Crippen LogP contribution >= 0.6 is 0 Å². The van der Waals surface area contributed by atoms with Crippen molar-refractivity contribution in [3.05, 3.63) is 35.0 Å². The number of urea groups is 1. The van der Waals surface area contributed by atoms with E-state index in [0.717, 1.165) is 27.7 Å². The number of hydrogen-bond acceptors (Lipinski definition) is 5. The lowest BCUT2D eigenvalue weighted by Gasteiger charge is -2.39. The Labute approximate surface area is 165 Å². The van der Waals surface area contributed by atoms with E-state index in [1.54, 1.807) is 6.20 Å². The SMILES string of the molecule is Cc1cc(C)c2ncc(C#N)c(N3CCN(C(=O)N4CCOCC4)CC3)c2c1. The Morgan fingerprint density at radius 1 is 1.07 bits per heavy atom. The van der Waals surface area contributed by atoms with E-state index in [1.165, 1.54) is 0 Å². The average Bonchev–Trinajstić information content (AvgIpc) is 2.73. The van der Waals surface area contributed by atoms with Gasteiger partial charge in [0.15, 0.2) is 0 Å². The number of anilines is 1. The van der Waals surface area contributed by atoms with E-state index < -0.39 is 0 Å². The van der Waals surface area contributed by atoms with Crippen LogP contribution in [-0.4, -0.2) is 73.3 Å². The van der Waals surface area contributed by atoms with Gasteiger partial charge in [-0.15, -0.1) is 0 Å². The fourth-order valence-corrected chi connectivity index (χ4v) is 4.15. The maximum atomic E-state index is 12.7. The highest BCUT2D eigenvalue weighted by atomic mass is 16.5. The van der Waals surface area contributed by atoms with Gasteiger partial charge in [0, 0.05) is 50.9 Å². The molecule has 2 fully saturated rings. The van der Waals surface area contributed by atoms with Gasteiger partial charge >= 0.3 is 6.03 Å². The Kier molecular flexibility index (Phi) is 5.05. The summed E-state index contributed by atoms with van der Waals surface area (Å²) < 4.78 is 5.34. The molecule has 7 nitrogen and oxygen atoms in total. The van der Waals surface area contributed by atoms with E-state index in [1.807, 2.05) is 9.80 Å². The van der Waals surface area contributed by atoms with Crippen LogP contribution < -0.4 is 4.90 Å². The molecule has 2 saturated heterocycles. The van der Waals surface area contributed by atoms with Gasteiger partial charge in [-0.05, 0) is 25.5 Å². The van der Waals surface area contributed by atoms with Gasteiger partial charge in [0.25, 0.3) is 0 Å². The third kappa shape index (κ3) is 3.36. The quantitative estimate of drug-likeness (QED) is 0.760. The monoisotopic (exact) mass is 379 g/mol. The van der Waals surface area contributed by atoms with Crippen LogP contribution in [0.3, 0.4) is 0 Å². The lowest BCUT2D eigenvalue weighted by Crippen LogP contribution is -2.55. The number of piperazine rings is 1. The van der Waals surface area contributed by atoms with Crippen molar-refractivity contribution >= 4 is 22.6 Å². The number of pyridine rings is 1. The Balaban J connectivity index is 1.58. The summed E-state index contributed by atoms with van der Waals surface area (Å²) in [4.78, 5) is 23.3. The van der Waals surface area contributed by atoms with E-state index in [9.17, 15) is 10.1 Å². The van der Waals surface area contributed by atoms with E-state index in [4.69, 9.17) is 4.74 Å². The Bertz CT molecular complexity index is 938. The van der Waals surface area contributed by atoms with Gasteiger partial charge < -0.3 is 19.4 Å². The van der Waals surface area contributed by atoms with Crippen molar-refractivity contribution in [3.8, 4) is 6.07 Å². The van der Waals surface area contributed by atoms with E-state index >= 15 is 0 Å². The number of aromatic nitrogens is 1. The number of aryl methyl sites for hydroxylation is 2. The second-order valence-electron chi connectivity index (χ2n) is 7.47. The predicted molar refractivity (Wildman–Crippen MR) is 108 cm³/mol. The van der Waals surface area contributed by atoms with Gasteiger partial charge in [0.2, 0.25) is 0 Å². The van der Waals surface area contributed by atoms with Crippen molar-refractivity contribution in [3.63, 3.8) is 0 Å². The van der Waals surface area contributed by atoms with Gasteiger partial charge in [-0.2, -0.15) is 5.26 Å². The highest BCUT2D eigenvalue weighted by molar-refractivity contribution is 5.96. The van der Waals surface area contributed by atoms with Crippen LogP contribution in [0.4, 0.5) is 10.5 Å². The van der Waals surface area contributed by atoms with E-state index in [-0.39, 0.29) is 6.03 Å². The first-order chi connectivity index (χ1) is 13.6. The second kappa shape index (κ2) is 7.64. The number of carbonyl (C=O) groups excluding carboxylic acids is 1. The first kappa shape index (κ1) is 18.5. The molecule has 0 atom stereocenters. The molecule has 1 aromatic carbocycles. The van der Waals surface area contributed by atoms with Crippen molar-refractivity contribution in [1.82, 2.24) is 14.8 Å². The van der Waals surface area contributed by atoms with Crippen molar-refractivity contribution in [2.45, 2.75) is 13.8 Å². The van der Waals surface area contributed by atoms with E-state index in [2.05, 4.69) is 41.9 Å². The zero-order valence-electron chi connectivity index (χ0n) is 16.4. The summed E-state index contributed by atoms with van der Waals surface area (Å²) in [6, 6.07) is 6.62. The molecule has 2 aliphatic rings. The Morgan fingerprint density at radius 3 is 2.43 bits per heavy atom. The number of carbonyl (C=O) groups is 1. The number of fused-ring (bicyclic) bond motifs is 1. The van der Waals surface area contributed by atoms with Crippen LogP contribution in [0.25, 0.3) is 10.9 Å². The van der Waals surface area contributed by atoms with Crippen molar-refractivity contribution in [1.29, 1.82) is 5.26 Å². The minimum Gasteiger partial charge on any atom is -0.378 e. The van der Waals surface area contributed by atoms with Gasteiger partial charge in [-0.3, -0.25) is 4.98 Å². The van der Waals surface area contributed by atoms with Crippen molar-refractivity contribution in [2.75, 3.05) is 57.4 Å². The fourth-order valence-electron chi connectivity index (χ4n) is 4.15. The maximum absolute atomic E-state index is 12.7. The zero-order valence-corrected chi connectivity index (χ0v) is 16.4. The summed E-state index contributed by atoms with van der Waals surface area (Å²) in [6.07, 6.45) is 1.67. The molecular formula is C21H25N5O2. The molecule has 0 N–H and O–H groups in total. The van der Waals surface area contributed by atoms with Crippen LogP contribution in [0.2, 0.25) is 0 Å². The van der Waals surface area contributed by atoms with Gasteiger partial charge in [0.05, 0.1) is 30.0 Å². The number of amides is 2. The van der Waals surface area contributed by atoms with Gasteiger partial charge in [-0.1, -0.05) is 11.6 Å². The third-order valence-corrected chi connectivity index (χ3v) is 5.55. The van der Waals surface area contributed by atoms with Gasteiger partial charge in [-0.25, -0.2) is 4.79 Å². The molecule has 2 aliphatic heterocycles. The van der Waals surface area contributed by atoms with E-state index in [0.29, 0.717) is 58.0 Å². The lowest BCUT2D eigenvalue weighted by atomic mass is 10.0. The standard InChI is InChI=1S/C21H25N5O2/c1-15-11-16(2)19-18(12-15)20(17(13-22)14-23-19)24-3-5-25(6-4-24)21(27)26-7-9-28-10-8-26/h11-12,14H,3-10H2,1-2H3. The molecular weight excluding hydrogens is 354 g/mol. The van der Waals surface area contributed by atoms with Crippen LogP contribution in [0, 0.1) is 25.2 Å². The van der Waals surface area contributed by atoms with Crippen molar-refractivity contribution in [2.24, 2.45) is 0 Å². The normalized spacial score (nSPS) is 17.7. The second-order valence-corrected chi connectivity index (χ2v) is 7.47. The maximum Gasteiger partial charge on any atom is 0.320 e. The number of ether oxygens (including phenoxy) is 1. The highest BCUT2D eigenvalue weighted by Gasteiger charge is 2.28. The minimum absolute atomic E-state index is 0.0923.